The second-order valence-electron chi connectivity index (χ2n) is 6.86. The summed E-state index contributed by atoms with van der Waals surface area (Å²) in [5.41, 5.74) is 2.71. The number of carbonyl (C=O) groups is 1. The van der Waals surface area contributed by atoms with Crippen LogP contribution in [0.3, 0.4) is 0 Å². The van der Waals surface area contributed by atoms with Crippen molar-refractivity contribution in [1.29, 1.82) is 5.26 Å². The fraction of sp³-hybridized carbons (Fsp3) is 0.0870. The maximum atomic E-state index is 12.7. The largest absolute Gasteiger partial charge is 0.350 e. The Labute approximate surface area is 193 Å². The minimum atomic E-state index is -0.503. The van der Waals surface area contributed by atoms with Crippen molar-refractivity contribution < 1.29 is 4.79 Å². The Morgan fingerprint density at radius 2 is 2.06 bits per heavy atom. The van der Waals surface area contributed by atoms with Gasteiger partial charge >= 0.3 is 0 Å². The maximum absolute atomic E-state index is 12.7. The molecule has 0 spiro atoms. The van der Waals surface area contributed by atoms with Crippen LogP contribution in [0.1, 0.15) is 16.0 Å². The number of fused-ring (bicyclic) bond motifs is 1. The summed E-state index contributed by atoms with van der Waals surface area (Å²) in [5, 5.41) is 14.6. The first kappa shape index (κ1) is 21.1. The average molecular weight is 467 g/mol. The summed E-state index contributed by atoms with van der Waals surface area (Å²) < 4.78 is 1.96. The summed E-state index contributed by atoms with van der Waals surface area (Å²) in [6.07, 6.45) is 5.71. The Bertz CT molecular complexity index is 1360. The third-order valence-electron chi connectivity index (χ3n) is 4.76. The molecule has 0 atom stereocenters. The smallest absolute Gasteiger partial charge is 0.268 e. The lowest BCUT2D eigenvalue weighted by molar-refractivity contribution is -0.112. The molecule has 0 unspecified atom stereocenters. The zero-order chi connectivity index (χ0) is 22.0. The van der Waals surface area contributed by atoms with Gasteiger partial charge in [0.05, 0.1) is 10.0 Å². The van der Waals surface area contributed by atoms with Crippen molar-refractivity contribution in [3.05, 3.63) is 86.5 Å². The van der Waals surface area contributed by atoms with Crippen LogP contribution in [0.15, 0.2) is 60.4 Å². The first-order valence-corrected chi connectivity index (χ1v) is 10.9. The summed E-state index contributed by atoms with van der Waals surface area (Å²) in [6.45, 7) is 0. The number of hydrogen-bond acceptors (Lipinski definition) is 4. The Balaban J connectivity index is 1.53. The molecule has 1 N–H and O–H groups in total. The van der Waals surface area contributed by atoms with E-state index in [0.717, 1.165) is 26.9 Å². The van der Waals surface area contributed by atoms with Crippen LogP contribution >= 0.6 is 34.5 Å². The molecule has 8 heteroatoms. The molecule has 0 aliphatic carbocycles. The molecule has 31 heavy (non-hydrogen) atoms. The van der Waals surface area contributed by atoms with Crippen LogP contribution in [-0.2, 0) is 18.3 Å². The van der Waals surface area contributed by atoms with E-state index >= 15 is 0 Å². The Hall–Kier alpha value is -3.11. The predicted octanol–water partition coefficient (Wildman–Crippen LogP) is 6.08. The van der Waals surface area contributed by atoms with Gasteiger partial charge < -0.3 is 4.57 Å². The first-order chi connectivity index (χ1) is 15.0. The Morgan fingerprint density at radius 3 is 2.87 bits per heavy atom. The van der Waals surface area contributed by atoms with E-state index in [2.05, 4.69) is 10.3 Å². The van der Waals surface area contributed by atoms with E-state index in [0.29, 0.717) is 21.6 Å². The predicted molar refractivity (Wildman–Crippen MR) is 127 cm³/mol. The van der Waals surface area contributed by atoms with E-state index in [9.17, 15) is 10.1 Å². The summed E-state index contributed by atoms with van der Waals surface area (Å²) in [5.74, 6) is -0.503. The van der Waals surface area contributed by atoms with E-state index in [4.69, 9.17) is 23.2 Å². The minimum Gasteiger partial charge on any atom is -0.350 e. The van der Waals surface area contributed by atoms with Crippen LogP contribution in [0.25, 0.3) is 17.0 Å². The Kier molecular flexibility index (Phi) is 6.10. The molecule has 0 aliphatic heterocycles. The van der Waals surface area contributed by atoms with E-state index in [-0.39, 0.29) is 5.57 Å². The van der Waals surface area contributed by atoms with Gasteiger partial charge in [0.1, 0.15) is 11.6 Å². The lowest BCUT2D eigenvalue weighted by atomic mass is 10.1. The highest BCUT2D eigenvalue weighted by Crippen LogP contribution is 2.30. The van der Waals surface area contributed by atoms with Crippen LogP contribution in [0.2, 0.25) is 10.0 Å². The van der Waals surface area contributed by atoms with Crippen molar-refractivity contribution in [2.24, 2.45) is 7.05 Å². The number of nitrogens with one attached hydrogen (secondary N) is 1. The number of benzene rings is 2. The number of aromatic nitrogens is 2. The molecule has 2 aromatic carbocycles. The van der Waals surface area contributed by atoms with Crippen molar-refractivity contribution in [2.45, 2.75) is 6.42 Å². The molecular weight excluding hydrogens is 451 g/mol. The molecule has 1 amide bonds. The summed E-state index contributed by atoms with van der Waals surface area (Å²) in [6, 6.07) is 15.3. The van der Waals surface area contributed by atoms with E-state index in [1.165, 1.54) is 11.3 Å². The molecule has 5 nitrogen and oxygen atoms in total. The number of nitriles is 1. The summed E-state index contributed by atoms with van der Waals surface area (Å²) in [7, 11) is 1.93. The molecule has 0 aliphatic rings. The number of halogens is 2. The summed E-state index contributed by atoms with van der Waals surface area (Å²) in [4.78, 5) is 17.8. The lowest BCUT2D eigenvalue weighted by Crippen LogP contribution is -2.13. The molecule has 0 bridgehead atoms. The van der Waals surface area contributed by atoms with E-state index in [1.54, 1.807) is 18.3 Å². The number of carbonyl (C=O) groups excluding carboxylic acids is 1. The molecule has 4 rings (SSSR count). The zero-order valence-corrected chi connectivity index (χ0v) is 18.7. The fourth-order valence-corrected chi connectivity index (χ4v) is 4.49. The monoisotopic (exact) mass is 466 g/mol. The van der Waals surface area contributed by atoms with Gasteiger partial charge in [-0.1, -0.05) is 53.5 Å². The van der Waals surface area contributed by atoms with Gasteiger partial charge in [0, 0.05) is 47.2 Å². The van der Waals surface area contributed by atoms with Crippen LogP contribution in [-0.4, -0.2) is 15.5 Å². The zero-order valence-electron chi connectivity index (χ0n) is 16.4. The quantitative estimate of drug-likeness (QED) is 0.286. The third-order valence-corrected chi connectivity index (χ3v) is 6.53. The second kappa shape index (κ2) is 8.94. The molecule has 154 valence electrons. The van der Waals surface area contributed by atoms with Gasteiger partial charge in [-0.15, -0.1) is 11.3 Å². The lowest BCUT2D eigenvalue weighted by Gasteiger charge is -2.03. The van der Waals surface area contributed by atoms with Crippen molar-refractivity contribution in [2.75, 3.05) is 5.32 Å². The van der Waals surface area contributed by atoms with Gasteiger partial charge in [-0.3, -0.25) is 10.1 Å². The SMILES string of the molecule is Cn1cc(C=C(C#N)C(=O)Nc2ncc(Cc3cccc(Cl)c3Cl)s2)c2ccccc21. The van der Waals surface area contributed by atoms with Crippen molar-refractivity contribution >= 4 is 62.6 Å². The van der Waals surface area contributed by atoms with E-state index < -0.39 is 5.91 Å². The van der Waals surface area contributed by atoms with Gasteiger partial charge in [-0.25, -0.2) is 4.98 Å². The standard InChI is InChI=1S/C23H16Cl2N4OS/c1-29-13-16(18-6-2-3-8-20(18)29)9-15(11-26)22(30)28-23-27-12-17(31-23)10-14-5-4-7-19(24)21(14)25/h2-9,12-13H,10H2,1H3,(H,27,28,30). The van der Waals surface area contributed by atoms with Crippen molar-refractivity contribution in [3.8, 4) is 6.07 Å². The molecular formula is C23H16Cl2N4OS. The van der Waals surface area contributed by atoms with Gasteiger partial charge in [-0.2, -0.15) is 5.26 Å². The van der Waals surface area contributed by atoms with Crippen molar-refractivity contribution in [3.63, 3.8) is 0 Å². The first-order valence-electron chi connectivity index (χ1n) is 9.31. The van der Waals surface area contributed by atoms with Crippen LogP contribution in [0, 0.1) is 11.3 Å². The molecule has 2 heterocycles. The molecule has 4 aromatic rings. The number of anilines is 1. The van der Waals surface area contributed by atoms with Gasteiger partial charge in [0.25, 0.3) is 5.91 Å². The second-order valence-corrected chi connectivity index (χ2v) is 8.76. The minimum absolute atomic E-state index is 0.00555. The number of hydrogen-bond donors (Lipinski definition) is 1. The number of para-hydroxylation sites is 1. The fourth-order valence-electron chi connectivity index (χ4n) is 3.28. The van der Waals surface area contributed by atoms with Crippen LogP contribution in [0.5, 0.6) is 0 Å². The molecule has 2 aromatic heterocycles. The number of rotatable bonds is 5. The highest BCUT2D eigenvalue weighted by Gasteiger charge is 2.14. The molecule has 0 radical (unpaired) electrons. The molecule has 0 saturated heterocycles. The average Bonchev–Trinajstić information content (AvgIpc) is 3.33. The van der Waals surface area contributed by atoms with Crippen LogP contribution < -0.4 is 5.32 Å². The molecule has 0 fully saturated rings. The number of amides is 1. The van der Waals surface area contributed by atoms with Gasteiger partial charge in [0.2, 0.25) is 0 Å². The number of thiazole rings is 1. The van der Waals surface area contributed by atoms with E-state index in [1.807, 2.05) is 60.3 Å². The van der Waals surface area contributed by atoms with Crippen LogP contribution in [0.4, 0.5) is 5.13 Å². The molecule has 0 saturated carbocycles. The highest BCUT2D eigenvalue weighted by molar-refractivity contribution is 7.15. The Morgan fingerprint density at radius 1 is 1.26 bits per heavy atom. The summed E-state index contributed by atoms with van der Waals surface area (Å²) >= 11 is 13.6. The van der Waals surface area contributed by atoms with Gasteiger partial charge in [0.15, 0.2) is 5.13 Å². The topological polar surface area (TPSA) is 70.7 Å². The highest BCUT2D eigenvalue weighted by atomic mass is 35.5. The normalized spacial score (nSPS) is 11.5. The number of aryl methyl sites for hydroxylation is 1. The number of nitrogens with zero attached hydrogens (tertiary/aromatic N) is 3. The maximum Gasteiger partial charge on any atom is 0.268 e. The van der Waals surface area contributed by atoms with Gasteiger partial charge in [-0.05, 0) is 23.8 Å². The van der Waals surface area contributed by atoms with Crippen molar-refractivity contribution in [1.82, 2.24) is 9.55 Å². The third kappa shape index (κ3) is 4.49.